The standard InChI is InChI=1S/C25H20N2O3/c26-22-15-10-4-6-12-17(15)27-24-20(22)19(14-8-2-1-3-9-14)21-23(30-24)16-11-5-7-13-18(16)29-25(21)28/h1-3,5,7-9,11,13,19H,4,6,10,12H2,(H2,26,27). The second-order valence-corrected chi connectivity index (χ2v) is 7.95. The summed E-state index contributed by atoms with van der Waals surface area (Å²) in [6, 6.07) is 17.4. The summed E-state index contributed by atoms with van der Waals surface area (Å²) in [6.07, 6.45) is 4.00. The lowest BCUT2D eigenvalue weighted by atomic mass is 9.81. The summed E-state index contributed by atoms with van der Waals surface area (Å²) in [4.78, 5) is 18.1. The van der Waals surface area contributed by atoms with Gasteiger partial charge >= 0.3 is 5.63 Å². The van der Waals surface area contributed by atoms with E-state index in [1.165, 1.54) is 0 Å². The highest BCUT2D eigenvalue weighted by molar-refractivity contribution is 5.87. The van der Waals surface area contributed by atoms with Gasteiger partial charge in [-0.3, -0.25) is 0 Å². The van der Waals surface area contributed by atoms with Crippen molar-refractivity contribution < 1.29 is 9.15 Å². The fourth-order valence-corrected chi connectivity index (χ4v) is 4.83. The van der Waals surface area contributed by atoms with Crippen LogP contribution in [0.3, 0.4) is 0 Å². The maximum Gasteiger partial charge on any atom is 0.344 e. The first-order valence-electron chi connectivity index (χ1n) is 10.3. The molecular formula is C25H20N2O3. The quantitative estimate of drug-likeness (QED) is 0.406. The molecule has 1 aliphatic heterocycles. The van der Waals surface area contributed by atoms with Crippen LogP contribution in [0, 0.1) is 0 Å². The zero-order valence-electron chi connectivity index (χ0n) is 16.4. The number of nitrogens with two attached hydrogens (primary N) is 1. The molecule has 0 bridgehead atoms. The van der Waals surface area contributed by atoms with Crippen LogP contribution >= 0.6 is 0 Å². The molecule has 4 aromatic rings. The Labute approximate surface area is 173 Å². The number of ether oxygens (including phenoxy) is 1. The number of para-hydroxylation sites is 1. The van der Waals surface area contributed by atoms with E-state index in [2.05, 4.69) is 0 Å². The highest BCUT2D eigenvalue weighted by Crippen LogP contribution is 2.51. The SMILES string of the molecule is Nc1c2c(nc3c1C(c1ccccc1)c1c(c4ccccc4oc1=O)O3)CCCC2. The van der Waals surface area contributed by atoms with Gasteiger partial charge < -0.3 is 14.9 Å². The van der Waals surface area contributed by atoms with Crippen LogP contribution in [-0.4, -0.2) is 4.98 Å². The van der Waals surface area contributed by atoms with Gasteiger partial charge in [0, 0.05) is 11.4 Å². The number of hydrogen-bond donors (Lipinski definition) is 1. The van der Waals surface area contributed by atoms with Crippen molar-refractivity contribution in [1.82, 2.24) is 4.98 Å². The highest BCUT2D eigenvalue weighted by Gasteiger charge is 2.37. The average molecular weight is 396 g/mol. The van der Waals surface area contributed by atoms with Crippen molar-refractivity contribution in [2.24, 2.45) is 0 Å². The molecule has 0 radical (unpaired) electrons. The first-order valence-corrected chi connectivity index (χ1v) is 10.3. The van der Waals surface area contributed by atoms with Crippen molar-refractivity contribution in [2.45, 2.75) is 31.6 Å². The van der Waals surface area contributed by atoms with Gasteiger partial charge in [-0.25, -0.2) is 9.78 Å². The minimum atomic E-state index is -0.402. The van der Waals surface area contributed by atoms with Crippen molar-refractivity contribution >= 4 is 16.7 Å². The third-order valence-electron chi connectivity index (χ3n) is 6.23. The Kier molecular flexibility index (Phi) is 3.72. The van der Waals surface area contributed by atoms with Crippen LogP contribution < -0.4 is 16.1 Å². The van der Waals surface area contributed by atoms with Crippen LogP contribution in [0.1, 0.15) is 46.7 Å². The van der Waals surface area contributed by atoms with Gasteiger partial charge in [0.25, 0.3) is 0 Å². The van der Waals surface area contributed by atoms with E-state index in [-0.39, 0.29) is 5.92 Å². The molecule has 0 spiro atoms. The predicted molar refractivity (Wildman–Crippen MR) is 115 cm³/mol. The molecule has 148 valence electrons. The Morgan fingerprint density at radius 1 is 0.933 bits per heavy atom. The number of pyridine rings is 1. The van der Waals surface area contributed by atoms with E-state index in [0.717, 1.165) is 53.5 Å². The van der Waals surface area contributed by atoms with Gasteiger partial charge in [0.15, 0.2) is 5.75 Å². The second kappa shape index (κ2) is 6.46. The molecule has 2 aromatic carbocycles. The lowest BCUT2D eigenvalue weighted by Gasteiger charge is -2.31. The van der Waals surface area contributed by atoms with E-state index in [0.29, 0.717) is 28.5 Å². The summed E-state index contributed by atoms with van der Waals surface area (Å²) in [5.41, 5.74) is 11.9. The molecule has 1 aliphatic carbocycles. The summed E-state index contributed by atoms with van der Waals surface area (Å²) in [5, 5.41) is 0.761. The topological polar surface area (TPSA) is 78.4 Å². The molecule has 0 amide bonds. The number of aromatic nitrogens is 1. The molecule has 6 rings (SSSR count). The first-order chi connectivity index (χ1) is 14.7. The number of anilines is 1. The summed E-state index contributed by atoms with van der Waals surface area (Å²) in [6.45, 7) is 0. The molecule has 5 heteroatoms. The van der Waals surface area contributed by atoms with Crippen LogP contribution in [0.5, 0.6) is 11.6 Å². The van der Waals surface area contributed by atoms with E-state index in [9.17, 15) is 4.79 Å². The zero-order chi connectivity index (χ0) is 20.2. The number of rotatable bonds is 1. The highest BCUT2D eigenvalue weighted by atomic mass is 16.5. The predicted octanol–water partition coefficient (Wildman–Crippen LogP) is 4.93. The minimum Gasteiger partial charge on any atom is -0.437 e. The van der Waals surface area contributed by atoms with Gasteiger partial charge in [-0.15, -0.1) is 0 Å². The van der Waals surface area contributed by atoms with E-state index in [4.69, 9.17) is 19.9 Å². The number of benzene rings is 2. The van der Waals surface area contributed by atoms with E-state index < -0.39 is 5.63 Å². The average Bonchev–Trinajstić information content (AvgIpc) is 2.79. The summed E-state index contributed by atoms with van der Waals surface area (Å²) in [5.74, 6) is 0.640. The van der Waals surface area contributed by atoms with Crippen molar-refractivity contribution in [1.29, 1.82) is 0 Å². The van der Waals surface area contributed by atoms with Gasteiger partial charge in [-0.05, 0) is 48.9 Å². The molecular weight excluding hydrogens is 376 g/mol. The molecule has 1 atom stereocenters. The molecule has 1 unspecified atom stereocenters. The molecule has 2 aliphatic rings. The van der Waals surface area contributed by atoms with Gasteiger partial charge in [0.05, 0.1) is 22.4 Å². The zero-order valence-corrected chi connectivity index (χ0v) is 16.4. The van der Waals surface area contributed by atoms with E-state index in [1.54, 1.807) is 6.07 Å². The van der Waals surface area contributed by atoms with Crippen LogP contribution in [0.4, 0.5) is 5.69 Å². The normalized spacial score (nSPS) is 17.0. The third kappa shape index (κ3) is 2.41. The van der Waals surface area contributed by atoms with Crippen LogP contribution in [0.25, 0.3) is 11.0 Å². The van der Waals surface area contributed by atoms with Crippen molar-refractivity contribution in [3.63, 3.8) is 0 Å². The summed E-state index contributed by atoms with van der Waals surface area (Å²) >= 11 is 0. The summed E-state index contributed by atoms with van der Waals surface area (Å²) < 4.78 is 12.0. The maximum atomic E-state index is 13.2. The minimum absolute atomic E-state index is 0.384. The van der Waals surface area contributed by atoms with Crippen LogP contribution in [0.15, 0.2) is 63.8 Å². The molecule has 2 aromatic heterocycles. The monoisotopic (exact) mass is 396 g/mol. The van der Waals surface area contributed by atoms with Crippen molar-refractivity contribution in [3.8, 4) is 11.6 Å². The van der Waals surface area contributed by atoms with Gasteiger partial charge in [0.2, 0.25) is 5.88 Å². The Balaban J connectivity index is 1.72. The van der Waals surface area contributed by atoms with E-state index in [1.807, 2.05) is 48.5 Å². The number of fused-ring (bicyclic) bond motifs is 5. The first kappa shape index (κ1) is 17.3. The molecule has 3 heterocycles. The van der Waals surface area contributed by atoms with Crippen molar-refractivity contribution in [3.05, 3.63) is 93.0 Å². The van der Waals surface area contributed by atoms with Gasteiger partial charge in [0.1, 0.15) is 5.58 Å². The fraction of sp³-hybridized carbons (Fsp3) is 0.200. The third-order valence-corrected chi connectivity index (χ3v) is 6.23. The lowest BCUT2D eigenvalue weighted by Crippen LogP contribution is -2.24. The molecule has 30 heavy (non-hydrogen) atoms. The number of hydrogen-bond acceptors (Lipinski definition) is 5. The Morgan fingerprint density at radius 3 is 2.57 bits per heavy atom. The fourth-order valence-electron chi connectivity index (χ4n) is 4.83. The Hall–Kier alpha value is -3.60. The number of nitrogens with zero attached hydrogens (tertiary/aromatic N) is 1. The Bertz CT molecular complexity index is 1360. The van der Waals surface area contributed by atoms with Gasteiger partial charge in [-0.2, -0.15) is 0 Å². The van der Waals surface area contributed by atoms with Crippen LogP contribution in [-0.2, 0) is 12.8 Å². The lowest BCUT2D eigenvalue weighted by molar-refractivity contribution is 0.420. The van der Waals surface area contributed by atoms with E-state index >= 15 is 0 Å². The smallest absolute Gasteiger partial charge is 0.344 e. The maximum absolute atomic E-state index is 13.2. The van der Waals surface area contributed by atoms with Crippen LogP contribution in [0.2, 0.25) is 0 Å². The molecule has 0 fully saturated rings. The summed E-state index contributed by atoms with van der Waals surface area (Å²) in [7, 11) is 0. The number of aryl methyl sites for hydroxylation is 1. The molecule has 5 nitrogen and oxygen atoms in total. The Morgan fingerprint density at radius 2 is 1.70 bits per heavy atom. The molecule has 0 saturated carbocycles. The molecule has 0 saturated heterocycles. The van der Waals surface area contributed by atoms with Gasteiger partial charge in [-0.1, -0.05) is 42.5 Å². The largest absolute Gasteiger partial charge is 0.437 e. The number of nitrogen functional groups attached to an aromatic ring is 1. The molecule has 2 N–H and O–H groups in total. The van der Waals surface area contributed by atoms with Crippen molar-refractivity contribution in [2.75, 3.05) is 5.73 Å². The second-order valence-electron chi connectivity index (χ2n) is 7.95.